The highest BCUT2D eigenvalue weighted by Gasteiger charge is 1.95. The molecule has 0 bridgehead atoms. The van der Waals surface area contributed by atoms with E-state index in [9.17, 15) is 0 Å². The lowest BCUT2D eigenvalue weighted by Crippen LogP contribution is -2.12. The Morgan fingerprint density at radius 2 is 2.18 bits per heavy atom. The molecule has 0 aromatic heterocycles. The van der Waals surface area contributed by atoms with E-state index in [1.165, 1.54) is 0 Å². The minimum Gasteiger partial charge on any atom is -0.383 e. The molecule has 1 aromatic carbocycles. The van der Waals surface area contributed by atoms with Crippen LogP contribution in [-0.4, -0.2) is 6.04 Å². The summed E-state index contributed by atoms with van der Waals surface area (Å²) >= 11 is 0. The van der Waals surface area contributed by atoms with Gasteiger partial charge in [0.15, 0.2) is 0 Å². The number of hydrogen-bond donors (Lipinski definition) is 1. The molecule has 1 rings (SSSR count). The molecule has 1 atom stereocenters. The first-order chi connectivity index (χ1) is 5.83. The number of anilines is 1. The van der Waals surface area contributed by atoms with Crippen molar-refractivity contribution in [2.75, 3.05) is 5.32 Å². The van der Waals surface area contributed by atoms with E-state index >= 15 is 0 Å². The van der Waals surface area contributed by atoms with Crippen molar-refractivity contribution in [3.8, 4) is 0 Å². The monoisotopic (exact) mass is 150 g/mol. The number of benzene rings is 1. The summed E-state index contributed by atoms with van der Waals surface area (Å²) in [5.41, 5.74) is 1.14. The van der Waals surface area contributed by atoms with Crippen LogP contribution in [0.3, 0.4) is 0 Å². The highest BCUT2D eigenvalue weighted by molar-refractivity contribution is 5.43. The van der Waals surface area contributed by atoms with Gasteiger partial charge in [0.25, 0.3) is 0 Å². The quantitative estimate of drug-likeness (QED) is 0.698. The van der Waals surface area contributed by atoms with Crippen molar-refractivity contribution in [3.05, 3.63) is 30.3 Å². The molecule has 11 heavy (non-hydrogen) atoms. The Morgan fingerprint density at radius 1 is 1.45 bits per heavy atom. The van der Waals surface area contributed by atoms with Gasteiger partial charge in [0.05, 0.1) is 0 Å². The van der Waals surface area contributed by atoms with Crippen LogP contribution in [0.15, 0.2) is 30.3 Å². The van der Waals surface area contributed by atoms with Gasteiger partial charge in [-0.05, 0) is 25.5 Å². The average Bonchev–Trinajstić information content (AvgIpc) is 2.06. The number of para-hydroxylation sites is 1. The van der Waals surface area contributed by atoms with Crippen molar-refractivity contribution in [2.45, 2.75) is 26.3 Å². The molecule has 0 aliphatic heterocycles. The predicted molar refractivity (Wildman–Crippen MR) is 49.8 cm³/mol. The molecule has 0 radical (unpaired) electrons. The van der Waals surface area contributed by atoms with Crippen LogP contribution in [0.5, 0.6) is 0 Å². The lowest BCUT2D eigenvalue weighted by Gasteiger charge is -2.11. The molecule has 60 valence electrons. The minimum atomic E-state index is 0.393. The third kappa shape index (κ3) is 2.62. The normalized spacial score (nSPS) is 13.7. The van der Waals surface area contributed by atoms with E-state index in [0.29, 0.717) is 12.9 Å². The van der Waals surface area contributed by atoms with Crippen LogP contribution >= 0.6 is 0 Å². The maximum absolute atomic E-state index is 7.06. The fraction of sp³-hybridized carbons (Fsp3) is 0.400. The second-order valence-electron chi connectivity index (χ2n) is 2.70. The first kappa shape index (κ1) is 6.71. The SMILES string of the molecule is [2H]CCC(C)Nc1ccccc1. The Balaban J connectivity index is 2.41. The molecule has 0 saturated heterocycles. The van der Waals surface area contributed by atoms with Gasteiger partial charge in [0.1, 0.15) is 0 Å². The summed E-state index contributed by atoms with van der Waals surface area (Å²) in [6.45, 7) is 2.59. The van der Waals surface area contributed by atoms with Crippen LogP contribution in [0.25, 0.3) is 0 Å². The van der Waals surface area contributed by atoms with Crippen molar-refractivity contribution in [1.82, 2.24) is 0 Å². The summed E-state index contributed by atoms with van der Waals surface area (Å²) in [5, 5.41) is 3.32. The van der Waals surface area contributed by atoms with Gasteiger partial charge in [0.2, 0.25) is 0 Å². The van der Waals surface area contributed by atoms with Crippen LogP contribution in [-0.2, 0) is 0 Å². The maximum atomic E-state index is 7.06. The van der Waals surface area contributed by atoms with Crippen molar-refractivity contribution in [3.63, 3.8) is 0 Å². The maximum Gasteiger partial charge on any atom is 0.0342 e. The van der Waals surface area contributed by atoms with Gasteiger partial charge in [-0.1, -0.05) is 25.1 Å². The Bertz CT molecular complexity index is 210. The van der Waals surface area contributed by atoms with Crippen LogP contribution in [0.2, 0.25) is 0 Å². The molecule has 1 unspecified atom stereocenters. The highest BCUT2D eigenvalue weighted by Crippen LogP contribution is 2.07. The zero-order valence-electron chi connectivity index (χ0n) is 7.88. The number of rotatable bonds is 3. The van der Waals surface area contributed by atoms with Crippen LogP contribution < -0.4 is 5.32 Å². The van der Waals surface area contributed by atoms with E-state index in [1.54, 1.807) is 0 Å². The van der Waals surface area contributed by atoms with Gasteiger partial charge >= 0.3 is 0 Å². The van der Waals surface area contributed by atoms with Crippen LogP contribution in [0.1, 0.15) is 21.6 Å². The van der Waals surface area contributed by atoms with Crippen molar-refractivity contribution < 1.29 is 1.37 Å². The van der Waals surface area contributed by atoms with Crippen molar-refractivity contribution in [2.24, 2.45) is 0 Å². The summed E-state index contributed by atoms with van der Waals surface area (Å²) in [6, 6.07) is 10.5. The highest BCUT2D eigenvalue weighted by atomic mass is 14.9. The standard InChI is InChI=1S/C10H15N/c1-3-9(2)11-10-7-5-4-6-8-10/h4-9,11H,3H2,1-2H3/i1D. The van der Waals surface area contributed by atoms with Crippen LogP contribution in [0, 0.1) is 0 Å². The molecule has 0 amide bonds. The zero-order valence-corrected chi connectivity index (χ0v) is 6.88. The molecule has 0 aliphatic carbocycles. The summed E-state index contributed by atoms with van der Waals surface area (Å²) in [6.07, 6.45) is 0.898. The molecule has 0 spiro atoms. The first-order valence-electron chi connectivity index (χ1n) is 4.64. The van der Waals surface area contributed by atoms with E-state index in [0.717, 1.165) is 12.1 Å². The van der Waals surface area contributed by atoms with Gasteiger partial charge in [-0.2, -0.15) is 0 Å². The Morgan fingerprint density at radius 3 is 2.82 bits per heavy atom. The Hall–Kier alpha value is -0.980. The second-order valence-corrected chi connectivity index (χ2v) is 2.70. The Kier molecular flexibility index (Phi) is 2.45. The summed E-state index contributed by atoms with van der Waals surface area (Å²) in [5.74, 6) is 0. The minimum absolute atomic E-state index is 0.393. The molecule has 0 fully saturated rings. The smallest absolute Gasteiger partial charge is 0.0342 e. The van der Waals surface area contributed by atoms with Crippen molar-refractivity contribution >= 4 is 5.69 Å². The molecule has 0 aliphatic rings. The van der Waals surface area contributed by atoms with Crippen molar-refractivity contribution in [1.29, 1.82) is 0 Å². The average molecular weight is 150 g/mol. The molecule has 1 heteroatoms. The van der Waals surface area contributed by atoms with E-state index in [1.807, 2.05) is 30.3 Å². The van der Waals surface area contributed by atoms with Gasteiger partial charge in [0, 0.05) is 13.1 Å². The molecular formula is C10H15N. The third-order valence-corrected chi connectivity index (χ3v) is 1.62. The van der Waals surface area contributed by atoms with E-state index < -0.39 is 0 Å². The first-order valence-corrected chi connectivity index (χ1v) is 3.93. The second kappa shape index (κ2) is 4.02. The number of hydrogen-bond acceptors (Lipinski definition) is 1. The largest absolute Gasteiger partial charge is 0.383 e. The van der Waals surface area contributed by atoms with Gasteiger partial charge in [-0.25, -0.2) is 0 Å². The molecule has 0 heterocycles. The lowest BCUT2D eigenvalue weighted by molar-refractivity contribution is 0.764. The zero-order chi connectivity index (χ0) is 8.81. The van der Waals surface area contributed by atoms with Gasteiger partial charge in [-0.3, -0.25) is 0 Å². The topological polar surface area (TPSA) is 12.0 Å². The third-order valence-electron chi connectivity index (χ3n) is 1.62. The molecular weight excluding hydrogens is 134 g/mol. The summed E-state index contributed by atoms with van der Waals surface area (Å²) in [7, 11) is 0. The Labute approximate surface area is 69.8 Å². The molecule has 0 saturated carbocycles. The summed E-state index contributed by atoms with van der Waals surface area (Å²) in [4.78, 5) is 0. The van der Waals surface area contributed by atoms with E-state index in [4.69, 9.17) is 1.37 Å². The fourth-order valence-electron chi connectivity index (χ4n) is 0.891. The van der Waals surface area contributed by atoms with E-state index in [-0.39, 0.29) is 0 Å². The van der Waals surface area contributed by atoms with E-state index in [2.05, 4.69) is 12.2 Å². The van der Waals surface area contributed by atoms with Gasteiger partial charge < -0.3 is 5.32 Å². The number of nitrogens with one attached hydrogen (secondary N) is 1. The van der Waals surface area contributed by atoms with Gasteiger partial charge in [-0.15, -0.1) is 0 Å². The molecule has 1 aromatic rings. The fourth-order valence-corrected chi connectivity index (χ4v) is 0.891. The molecule has 1 N–H and O–H groups in total. The van der Waals surface area contributed by atoms with Crippen LogP contribution in [0.4, 0.5) is 5.69 Å². The summed E-state index contributed by atoms with van der Waals surface area (Å²) < 4.78 is 7.06. The molecule has 1 nitrogen and oxygen atoms in total. The predicted octanol–water partition coefficient (Wildman–Crippen LogP) is 2.90. The lowest BCUT2D eigenvalue weighted by atomic mass is 10.2.